The van der Waals surface area contributed by atoms with Gasteiger partial charge in [-0.2, -0.15) is 0 Å². The maximum atomic E-state index is 10.9. The van der Waals surface area contributed by atoms with Crippen molar-refractivity contribution in [2.45, 2.75) is 176 Å². The van der Waals surface area contributed by atoms with Gasteiger partial charge in [-0.05, 0) is 170 Å². The number of carbonyl (C=O) groups is 6. The number of nitrogens with two attached hydrogens (primary N) is 6. The van der Waals surface area contributed by atoms with Crippen LogP contribution in [0.4, 0.5) is 0 Å². The van der Waals surface area contributed by atoms with Gasteiger partial charge in [-0.15, -0.1) is 11.8 Å². The lowest BCUT2D eigenvalue weighted by Crippen LogP contribution is -2.32. The molecule has 0 radical (unpaired) electrons. The van der Waals surface area contributed by atoms with Crippen LogP contribution in [0.1, 0.15) is 94.2 Å². The van der Waals surface area contributed by atoms with E-state index in [1.807, 2.05) is 121 Å². The van der Waals surface area contributed by atoms with Crippen molar-refractivity contribution in [1.82, 2.24) is 0 Å². The number of carboxylic acids is 6. The Balaban J connectivity index is 0.000000194. The molecular formula is C85H116N6O25S. The van der Waals surface area contributed by atoms with E-state index in [0.717, 1.165) is 114 Å². The van der Waals surface area contributed by atoms with Gasteiger partial charge in [0.25, 0.3) is 0 Å². The zero-order valence-electron chi connectivity index (χ0n) is 66.0. The molecule has 117 heavy (non-hydrogen) atoms. The molecule has 0 amide bonds. The molecule has 6 atom stereocenters. The number of thioether (sulfide) groups is 1. The van der Waals surface area contributed by atoms with E-state index < -0.39 is 71.9 Å². The Kier molecular flexibility index (Phi) is 44.1. The molecule has 6 aromatic carbocycles. The van der Waals surface area contributed by atoms with Gasteiger partial charge in [0, 0.05) is 30.0 Å². The first-order valence-electron chi connectivity index (χ1n) is 39.4. The number of ether oxygens (including phenoxy) is 13. The number of carboxylic acid groups (broad SMARTS) is 6. The summed E-state index contributed by atoms with van der Waals surface area (Å²) in [5, 5.41) is 52.7. The van der Waals surface area contributed by atoms with E-state index >= 15 is 0 Å². The van der Waals surface area contributed by atoms with Gasteiger partial charge >= 0.3 is 35.8 Å². The van der Waals surface area contributed by atoms with Crippen LogP contribution in [-0.4, -0.2) is 233 Å². The molecule has 642 valence electrons. The number of hydrogen-bond donors (Lipinski definition) is 12. The van der Waals surface area contributed by atoms with E-state index in [-0.39, 0.29) is 44.3 Å². The fraction of sp³-hybridized carbons (Fsp3) is 0.506. The molecule has 31 nitrogen and oxygen atoms in total. The fourth-order valence-electron chi connectivity index (χ4n) is 12.2. The monoisotopic (exact) mass is 1650 g/mol. The van der Waals surface area contributed by atoms with E-state index in [0.29, 0.717) is 130 Å². The third kappa shape index (κ3) is 38.9. The summed E-state index contributed by atoms with van der Waals surface area (Å²) in [5.74, 6) is -4.81. The summed E-state index contributed by atoms with van der Waals surface area (Å²) in [4.78, 5) is 65.4. The van der Waals surface area contributed by atoms with E-state index in [4.69, 9.17) is 127 Å². The third-order valence-corrected chi connectivity index (χ3v) is 20.0. The molecule has 12 rings (SSSR count). The molecule has 18 N–H and O–H groups in total. The van der Waals surface area contributed by atoms with Crippen molar-refractivity contribution in [3.63, 3.8) is 0 Å². The second kappa shape index (κ2) is 53.9. The van der Waals surface area contributed by atoms with Gasteiger partial charge in [0.1, 0.15) is 42.6 Å². The number of unbranched alkanes of at least 4 members (excludes halogenated alkanes) is 1. The van der Waals surface area contributed by atoms with Crippen LogP contribution in [0.15, 0.2) is 150 Å². The van der Waals surface area contributed by atoms with Crippen molar-refractivity contribution in [1.29, 1.82) is 0 Å². The third-order valence-electron chi connectivity index (χ3n) is 19.0. The van der Waals surface area contributed by atoms with E-state index in [1.165, 1.54) is 16.7 Å². The maximum absolute atomic E-state index is 10.9. The smallest absolute Gasteiger partial charge is 0.320 e. The first-order chi connectivity index (χ1) is 56.4. The average molecular weight is 1650 g/mol. The van der Waals surface area contributed by atoms with Crippen molar-refractivity contribution in [2.24, 2.45) is 40.3 Å². The molecule has 6 fully saturated rings. The van der Waals surface area contributed by atoms with Gasteiger partial charge < -0.3 is 127 Å². The van der Waals surface area contributed by atoms with Crippen LogP contribution < -0.4 is 39.1 Å². The molecule has 6 aliphatic heterocycles. The molecular weight excluding hydrogens is 1540 g/mol. The average Bonchev–Trinajstić information content (AvgIpc) is 1.85. The first-order valence-corrected chi connectivity index (χ1v) is 40.4. The number of hydrogen-bond acceptors (Lipinski definition) is 26. The van der Waals surface area contributed by atoms with Crippen LogP contribution in [0.3, 0.4) is 0 Å². The summed E-state index contributed by atoms with van der Waals surface area (Å²) in [6.45, 7) is 8.50. The Hall–Kier alpha value is -8.43. The molecule has 0 saturated carbocycles. The summed E-state index contributed by atoms with van der Waals surface area (Å²) in [6, 6.07) is 42.3. The second-order valence-corrected chi connectivity index (χ2v) is 29.4. The Labute approximate surface area is 686 Å². The minimum atomic E-state index is -1.00. The van der Waals surface area contributed by atoms with Crippen LogP contribution in [0, 0.1) is 5.92 Å². The minimum absolute atomic E-state index is 0.00937. The van der Waals surface area contributed by atoms with Crippen molar-refractivity contribution in [3.8, 4) is 5.75 Å². The Morgan fingerprint density at radius 3 is 0.957 bits per heavy atom. The van der Waals surface area contributed by atoms with E-state index in [2.05, 4.69) is 0 Å². The lowest BCUT2D eigenvalue weighted by molar-refractivity contribution is -0.141. The van der Waals surface area contributed by atoms with Gasteiger partial charge in [-0.25, -0.2) is 0 Å². The highest BCUT2D eigenvalue weighted by Crippen LogP contribution is 2.24. The topological polar surface area (TPSA) is 500 Å². The second-order valence-electron chi connectivity index (χ2n) is 28.3. The van der Waals surface area contributed by atoms with E-state index in [1.54, 1.807) is 36.0 Å². The van der Waals surface area contributed by atoms with Gasteiger partial charge in [-0.1, -0.05) is 121 Å². The highest BCUT2D eigenvalue weighted by atomic mass is 32.2. The predicted molar refractivity (Wildman–Crippen MR) is 432 cm³/mol. The molecule has 32 heteroatoms. The number of benzene rings is 6. The van der Waals surface area contributed by atoms with Gasteiger partial charge in [-0.3, -0.25) is 28.8 Å². The molecule has 0 aromatic heterocycles. The summed E-state index contributed by atoms with van der Waals surface area (Å²) in [6.07, 6.45) is 10.9. The minimum Gasteiger partial charge on any atom is -0.488 e. The molecule has 0 aliphatic carbocycles. The largest absolute Gasteiger partial charge is 0.488 e. The maximum Gasteiger partial charge on any atom is 0.320 e. The van der Waals surface area contributed by atoms with Crippen LogP contribution >= 0.6 is 11.8 Å². The summed E-state index contributed by atoms with van der Waals surface area (Å²) < 4.78 is 69.8. The first kappa shape index (κ1) is 95.7. The van der Waals surface area contributed by atoms with Crippen molar-refractivity contribution < 1.29 is 121 Å². The van der Waals surface area contributed by atoms with Crippen LogP contribution in [-0.2, 0) is 150 Å². The lowest BCUT2D eigenvalue weighted by atomic mass is 9.98. The summed E-state index contributed by atoms with van der Waals surface area (Å²) in [5.41, 5.74) is 43.3. The normalized spacial score (nSPS) is 17.4. The van der Waals surface area contributed by atoms with E-state index in [9.17, 15) is 28.8 Å². The van der Waals surface area contributed by atoms with Gasteiger partial charge in [0.2, 0.25) is 0 Å². The molecule has 6 aromatic rings. The molecule has 6 unspecified atom stereocenters. The SMILES string of the molecule is NC(Cc1ccc(CCC2OCCO2)cc1)C(=O)O.NC(Cc1ccc(CCCC2OCCO2)cc1)C(=O)O.NC(Cc1ccc(CCCCC2OCCO2)cc1)C(=O)O.NC(Cc1ccc(OCC2OCCO2)cc1)C(=O)O.NC(Cc1ccc(SCC2OCCO2)cc1)C(=O)O.NCC(Cc1ccc(CC2OCCO2)cc1)C(=O)O. The molecule has 6 heterocycles. The Morgan fingerprint density at radius 1 is 0.316 bits per heavy atom. The number of aliphatic carboxylic acids is 6. The summed E-state index contributed by atoms with van der Waals surface area (Å²) >= 11 is 1.65. The van der Waals surface area contributed by atoms with Crippen molar-refractivity contribution in [3.05, 3.63) is 201 Å². The Bertz CT molecular complexity index is 3610. The number of rotatable bonds is 39. The predicted octanol–water partition coefficient (Wildman–Crippen LogP) is 6.31. The molecule has 6 saturated heterocycles. The highest BCUT2D eigenvalue weighted by molar-refractivity contribution is 7.99. The molecule has 0 spiro atoms. The number of aryl methyl sites for hydroxylation is 3. The highest BCUT2D eigenvalue weighted by Gasteiger charge is 2.24. The molecule has 0 bridgehead atoms. The zero-order chi connectivity index (χ0) is 84.1. The van der Waals surface area contributed by atoms with Crippen LogP contribution in [0.2, 0.25) is 0 Å². The molecule has 6 aliphatic rings. The van der Waals surface area contributed by atoms with Crippen molar-refractivity contribution >= 4 is 47.6 Å². The van der Waals surface area contributed by atoms with Gasteiger partial charge in [0.05, 0.1) is 85.2 Å². The van der Waals surface area contributed by atoms with Gasteiger partial charge in [0.15, 0.2) is 37.7 Å². The zero-order valence-corrected chi connectivity index (χ0v) is 66.8. The van der Waals surface area contributed by atoms with Crippen LogP contribution in [0.5, 0.6) is 5.75 Å². The lowest BCUT2D eigenvalue weighted by Gasteiger charge is -2.12. The summed E-state index contributed by atoms with van der Waals surface area (Å²) in [7, 11) is 0. The Morgan fingerprint density at radius 2 is 0.598 bits per heavy atom. The fourth-order valence-corrected chi connectivity index (χ4v) is 13.1. The van der Waals surface area contributed by atoms with Crippen LogP contribution in [0.25, 0.3) is 0 Å². The van der Waals surface area contributed by atoms with Crippen molar-refractivity contribution in [2.75, 3.05) is 98.2 Å². The standard InChI is InChI=1S/C16H23NO4.C15H21NO4.2C14H19NO4.C13H17NO5.C13H17NO4S/c17-14(16(18)19)11-13-7-5-12(6-8-13)3-1-2-4-15-20-9-10-21-15;16-13(15(17)18)10-12-6-4-11(5-7-12)2-1-3-14-19-8-9-20-14;15-9-12(14(16)17)7-10-1-3-11(4-2-10)8-13-18-5-6-19-13;15-12(14(16)17)9-11-3-1-10(2-4-11)5-6-13-18-7-8-19-13;2*14-11(13(15)16)7-9-1-3-10(4-2-9)19-8-12-17-5-6-18-12/h5-8,14-15H,1-4,9-11,17H2,(H,18,19);4-7,13-14H,1-3,8-10,16H2,(H,17,18);2*1-4,12-13H,5-9,15H2,(H,16,17);2*1-4,11-12H,5-8,14H2,(H,15,16). The quantitative estimate of drug-likeness (QED) is 0.0148.